The van der Waals surface area contributed by atoms with E-state index in [1.54, 1.807) is 30.3 Å². The highest BCUT2D eigenvalue weighted by Crippen LogP contribution is 2.34. The van der Waals surface area contributed by atoms with Gasteiger partial charge in [-0.2, -0.15) is 13.2 Å². The minimum atomic E-state index is -4.75. The summed E-state index contributed by atoms with van der Waals surface area (Å²) in [5.74, 6) is -0.810. The number of alkyl halides is 3. The van der Waals surface area contributed by atoms with Gasteiger partial charge in [0.15, 0.2) is 5.13 Å². The number of halogens is 3. The molecule has 0 radical (unpaired) electrons. The van der Waals surface area contributed by atoms with Crippen molar-refractivity contribution in [3.8, 4) is 11.1 Å². The standard InChI is InChI=1S/C27H18F3N3O3S2/c28-27(29,30)19-12-15-21(25(34)32-26-31-22-8-4-5-9-24(22)37-26)23(16-19)33-38(35,36)20-13-10-18(11-14-20)17-6-2-1-3-7-17/h1-16,33H,(H,31,32,34). The molecule has 0 aliphatic rings. The Bertz CT molecular complexity index is 1700. The number of para-hydroxylation sites is 1. The Kier molecular flexibility index (Phi) is 6.64. The molecule has 0 aliphatic carbocycles. The van der Waals surface area contributed by atoms with Gasteiger partial charge in [-0.15, -0.1) is 0 Å². The lowest BCUT2D eigenvalue weighted by Gasteiger charge is -2.15. The number of aromatic nitrogens is 1. The highest BCUT2D eigenvalue weighted by atomic mass is 32.2. The van der Waals surface area contributed by atoms with Crippen molar-refractivity contribution < 1.29 is 26.4 Å². The van der Waals surface area contributed by atoms with Gasteiger partial charge in [-0.1, -0.05) is 65.9 Å². The Morgan fingerprint density at radius 3 is 2.16 bits per heavy atom. The van der Waals surface area contributed by atoms with Gasteiger partial charge in [-0.05, 0) is 53.6 Å². The predicted molar refractivity (Wildman–Crippen MR) is 142 cm³/mol. The molecule has 1 heterocycles. The lowest BCUT2D eigenvalue weighted by atomic mass is 10.1. The Labute approximate surface area is 219 Å². The maximum Gasteiger partial charge on any atom is 0.416 e. The van der Waals surface area contributed by atoms with Crippen LogP contribution in [0.1, 0.15) is 15.9 Å². The molecule has 0 aliphatic heterocycles. The Morgan fingerprint density at radius 1 is 0.816 bits per heavy atom. The highest BCUT2D eigenvalue weighted by molar-refractivity contribution is 7.92. The Morgan fingerprint density at radius 2 is 1.47 bits per heavy atom. The summed E-state index contributed by atoms with van der Waals surface area (Å²) in [6, 6.07) is 24.5. The molecular weight excluding hydrogens is 535 g/mol. The molecule has 38 heavy (non-hydrogen) atoms. The summed E-state index contributed by atoms with van der Waals surface area (Å²) in [4.78, 5) is 17.2. The van der Waals surface area contributed by atoms with E-state index in [4.69, 9.17) is 0 Å². The average Bonchev–Trinajstić information content (AvgIpc) is 3.31. The van der Waals surface area contributed by atoms with E-state index < -0.39 is 33.4 Å². The van der Waals surface area contributed by atoms with Crippen LogP contribution in [0.15, 0.2) is 102 Å². The van der Waals surface area contributed by atoms with Crippen LogP contribution in [0.3, 0.4) is 0 Å². The van der Waals surface area contributed by atoms with E-state index in [9.17, 15) is 26.4 Å². The van der Waals surface area contributed by atoms with Gasteiger partial charge in [0.1, 0.15) is 0 Å². The largest absolute Gasteiger partial charge is 0.416 e. The van der Waals surface area contributed by atoms with Crippen LogP contribution in [-0.2, 0) is 16.2 Å². The molecule has 0 atom stereocenters. The topological polar surface area (TPSA) is 88.2 Å². The van der Waals surface area contributed by atoms with Crippen LogP contribution in [0.5, 0.6) is 0 Å². The van der Waals surface area contributed by atoms with Crippen molar-refractivity contribution in [1.29, 1.82) is 0 Å². The molecule has 6 nitrogen and oxygen atoms in total. The molecule has 11 heteroatoms. The van der Waals surface area contributed by atoms with Crippen molar-refractivity contribution in [1.82, 2.24) is 4.98 Å². The quantitative estimate of drug-likeness (QED) is 0.236. The smallest absolute Gasteiger partial charge is 0.298 e. The minimum Gasteiger partial charge on any atom is -0.298 e. The van der Waals surface area contributed by atoms with E-state index >= 15 is 0 Å². The maximum absolute atomic E-state index is 13.4. The number of anilines is 2. The number of hydrogen-bond acceptors (Lipinski definition) is 5. The molecule has 0 bridgehead atoms. The first kappa shape index (κ1) is 25.4. The molecule has 5 aromatic rings. The van der Waals surface area contributed by atoms with Gasteiger partial charge in [-0.25, -0.2) is 13.4 Å². The number of fused-ring (bicyclic) bond motifs is 1. The van der Waals surface area contributed by atoms with Gasteiger partial charge in [0.25, 0.3) is 15.9 Å². The fourth-order valence-electron chi connectivity index (χ4n) is 3.75. The highest BCUT2D eigenvalue weighted by Gasteiger charge is 2.32. The van der Waals surface area contributed by atoms with E-state index in [-0.39, 0.29) is 15.6 Å². The number of thiazole rings is 1. The zero-order valence-electron chi connectivity index (χ0n) is 19.4. The van der Waals surface area contributed by atoms with Gasteiger partial charge >= 0.3 is 6.18 Å². The second-order valence-corrected chi connectivity index (χ2v) is 10.9. The van der Waals surface area contributed by atoms with Crippen molar-refractivity contribution in [3.63, 3.8) is 0 Å². The molecule has 0 spiro atoms. The molecule has 1 aromatic heterocycles. The van der Waals surface area contributed by atoms with Crippen LogP contribution in [0.4, 0.5) is 24.0 Å². The van der Waals surface area contributed by atoms with E-state index in [1.807, 2.05) is 36.4 Å². The zero-order chi connectivity index (χ0) is 26.9. The van der Waals surface area contributed by atoms with E-state index in [2.05, 4.69) is 15.0 Å². The van der Waals surface area contributed by atoms with Crippen LogP contribution in [0.25, 0.3) is 21.3 Å². The van der Waals surface area contributed by atoms with Crippen LogP contribution in [0, 0.1) is 0 Å². The first-order valence-electron chi connectivity index (χ1n) is 11.2. The SMILES string of the molecule is O=C(Nc1nc2ccccc2s1)c1ccc(C(F)(F)F)cc1NS(=O)(=O)c1ccc(-c2ccccc2)cc1. The van der Waals surface area contributed by atoms with Gasteiger partial charge < -0.3 is 0 Å². The van der Waals surface area contributed by atoms with Gasteiger partial charge in [0.05, 0.1) is 31.9 Å². The van der Waals surface area contributed by atoms with Crippen molar-refractivity contribution >= 4 is 48.3 Å². The van der Waals surface area contributed by atoms with E-state index in [0.29, 0.717) is 11.6 Å². The predicted octanol–water partition coefficient (Wildman–Crippen LogP) is 7.04. The third-order valence-electron chi connectivity index (χ3n) is 5.62. The molecule has 0 unspecified atom stereocenters. The maximum atomic E-state index is 13.4. The minimum absolute atomic E-state index is 0.174. The molecule has 4 aromatic carbocycles. The van der Waals surface area contributed by atoms with Gasteiger partial charge in [0, 0.05) is 0 Å². The third kappa shape index (κ3) is 5.38. The lowest BCUT2D eigenvalue weighted by molar-refractivity contribution is -0.137. The normalized spacial score (nSPS) is 11.9. The monoisotopic (exact) mass is 553 g/mol. The first-order chi connectivity index (χ1) is 18.1. The van der Waals surface area contributed by atoms with Crippen molar-refractivity contribution in [3.05, 3.63) is 108 Å². The summed E-state index contributed by atoms with van der Waals surface area (Å²) < 4.78 is 69.5. The van der Waals surface area contributed by atoms with Crippen molar-refractivity contribution in [2.75, 3.05) is 10.0 Å². The second kappa shape index (κ2) is 9.92. The van der Waals surface area contributed by atoms with Crippen LogP contribution < -0.4 is 10.0 Å². The molecular formula is C27H18F3N3O3S2. The summed E-state index contributed by atoms with van der Waals surface area (Å²) in [5, 5.41) is 2.77. The molecule has 5 rings (SSSR count). The number of sulfonamides is 1. The lowest BCUT2D eigenvalue weighted by Crippen LogP contribution is -2.20. The van der Waals surface area contributed by atoms with Crippen molar-refractivity contribution in [2.24, 2.45) is 0 Å². The number of rotatable bonds is 6. The summed E-state index contributed by atoms with van der Waals surface area (Å²) in [6.07, 6.45) is -4.75. The fraction of sp³-hybridized carbons (Fsp3) is 0.0370. The van der Waals surface area contributed by atoms with Crippen LogP contribution in [-0.4, -0.2) is 19.3 Å². The molecule has 2 N–H and O–H groups in total. The fourth-order valence-corrected chi connectivity index (χ4v) is 5.69. The summed E-state index contributed by atoms with van der Waals surface area (Å²) >= 11 is 1.18. The van der Waals surface area contributed by atoms with E-state index in [0.717, 1.165) is 28.0 Å². The third-order valence-corrected chi connectivity index (χ3v) is 7.96. The second-order valence-electron chi connectivity index (χ2n) is 8.19. The summed E-state index contributed by atoms with van der Waals surface area (Å²) in [5.41, 5.74) is 0.370. The van der Waals surface area contributed by atoms with Gasteiger partial charge in [-0.3, -0.25) is 14.8 Å². The molecule has 0 fully saturated rings. The van der Waals surface area contributed by atoms with Crippen LogP contribution in [0.2, 0.25) is 0 Å². The van der Waals surface area contributed by atoms with Crippen LogP contribution >= 0.6 is 11.3 Å². The average molecular weight is 554 g/mol. The molecule has 1 amide bonds. The summed E-state index contributed by atoms with van der Waals surface area (Å²) in [7, 11) is -4.33. The first-order valence-corrected chi connectivity index (χ1v) is 13.5. The number of nitrogens with one attached hydrogen (secondary N) is 2. The van der Waals surface area contributed by atoms with Gasteiger partial charge in [0.2, 0.25) is 0 Å². The number of hydrogen-bond donors (Lipinski definition) is 2. The van der Waals surface area contributed by atoms with Crippen molar-refractivity contribution in [2.45, 2.75) is 11.1 Å². The molecule has 0 saturated heterocycles. The van der Waals surface area contributed by atoms with E-state index in [1.165, 1.54) is 23.5 Å². The summed E-state index contributed by atoms with van der Waals surface area (Å²) in [6.45, 7) is 0. The number of benzene rings is 4. The molecule has 0 saturated carbocycles. The zero-order valence-corrected chi connectivity index (χ0v) is 21.0. The Balaban J connectivity index is 1.46. The number of carbonyl (C=O) groups excluding carboxylic acids is 1. The molecule has 192 valence electrons. The Hall–Kier alpha value is -4.22. The number of nitrogens with zero attached hydrogens (tertiary/aromatic N) is 1. The number of carbonyl (C=O) groups is 1. The number of amides is 1.